The summed E-state index contributed by atoms with van der Waals surface area (Å²) < 4.78 is 51.0. The molecule has 1 aromatic rings. The first-order valence-corrected chi connectivity index (χ1v) is 7.18. The molecular formula is C15H20F4N2. The fourth-order valence-electron chi connectivity index (χ4n) is 2.64. The van der Waals surface area contributed by atoms with Crippen molar-refractivity contribution in [2.24, 2.45) is 0 Å². The molecule has 0 radical (unpaired) electrons. The van der Waals surface area contributed by atoms with Crippen LogP contribution in [0.1, 0.15) is 30.9 Å². The zero-order valence-electron chi connectivity index (χ0n) is 12.0. The first-order valence-electron chi connectivity index (χ1n) is 7.18. The Morgan fingerprint density at radius 2 is 1.90 bits per heavy atom. The Balaban J connectivity index is 1.88. The number of hydrogen-bond acceptors (Lipinski definition) is 2. The monoisotopic (exact) mass is 304 g/mol. The van der Waals surface area contributed by atoms with E-state index in [-0.39, 0.29) is 0 Å². The summed E-state index contributed by atoms with van der Waals surface area (Å²) in [6.45, 7) is 5.28. The van der Waals surface area contributed by atoms with E-state index < -0.39 is 17.6 Å². The molecular weight excluding hydrogens is 284 g/mol. The van der Waals surface area contributed by atoms with Crippen LogP contribution < -0.4 is 5.32 Å². The summed E-state index contributed by atoms with van der Waals surface area (Å²) in [6.07, 6.45) is -2.24. The van der Waals surface area contributed by atoms with Crippen LogP contribution in [0.3, 0.4) is 0 Å². The Labute approximate surface area is 122 Å². The van der Waals surface area contributed by atoms with Gasteiger partial charge in [0.25, 0.3) is 0 Å². The smallest absolute Gasteiger partial charge is 0.311 e. The molecule has 0 saturated carbocycles. The number of hydrogen-bond donors (Lipinski definition) is 1. The van der Waals surface area contributed by atoms with Gasteiger partial charge in [0.15, 0.2) is 0 Å². The van der Waals surface area contributed by atoms with Crippen molar-refractivity contribution in [2.75, 3.05) is 19.6 Å². The molecule has 1 saturated heterocycles. The van der Waals surface area contributed by atoms with Crippen molar-refractivity contribution in [1.82, 2.24) is 10.2 Å². The Hall–Kier alpha value is -1.14. The Kier molecular flexibility index (Phi) is 5.22. The highest BCUT2D eigenvalue weighted by Gasteiger charge is 2.34. The summed E-state index contributed by atoms with van der Waals surface area (Å²) in [5.74, 6) is -1.23. The molecule has 21 heavy (non-hydrogen) atoms. The summed E-state index contributed by atoms with van der Waals surface area (Å²) in [4.78, 5) is 2.36. The fraction of sp³-hybridized carbons (Fsp3) is 0.600. The van der Waals surface area contributed by atoms with Crippen molar-refractivity contribution in [3.8, 4) is 0 Å². The van der Waals surface area contributed by atoms with Gasteiger partial charge in [0.1, 0.15) is 5.82 Å². The Morgan fingerprint density at radius 1 is 1.24 bits per heavy atom. The zero-order valence-corrected chi connectivity index (χ0v) is 12.0. The average molecular weight is 304 g/mol. The third kappa shape index (κ3) is 4.41. The second-order valence-electron chi connectivity index (χ2n) is 5.53. The summed E-state index contributed by atoms with van der Waals surface area (Å²) in [5, 5.41) is 3.15. The van der Waals surface area contributed by atoms with Crippen LogP contribution in [0.2, 0.25) is 0 Å². The van der Waals surface area contributed by atoms with Crippen molar-refractivity contribution in [3.63, 3.8) is 0 Å². The van der Waals surface area contributed by atoms with Gasteiger partial charge in [-0.1, -0.05) is 6.07 Å². The molecule has 0 spiro atoms. The number of halogens is 4. The Morgan fingerprint density at radius 3 is 2.52 bits per heavy atom. The van der Waals surface area contributed by atoms with Gasteiger partial charge in [0.2, 0.25) is 0 Å². The molecule has 1 aromatic carbocycles. The summed E-state index contributed by atoms with van der Waals surface area (Å²) in [5.41, 5.74) is -0.758. The van der Waals surface area contributed by atoms with E-state index in [0.717, 1.165) is 25.2 Å². The van der Waals surface area contributed by atoms with Crippen molar-refractivity contribution < 1.29 is 17.6 Å². The van der Waals surface area contributed by atoms with E-state index in [1.165, 1.54) is 18.9 Å². The van der Waals surface area contributed by atoms with Gasteiger partial charge in [0.05, 0.1) is 5.56 Å². The molecule has 0 bridgehead atoms. The van der Waals surface area contributed by atoms with Crippen LogP contribution in [-0.4, -0.2) is 30.6 Å². The fourth-order valence-corrected chi connectivity index (χ4v) is 2.64. The second-order valence-corrected chi connectivity index (χ2v) is 5.53. The minimum Gasteiger partial charge on any atom is -0.311 e. The molecule has 0 aromatic heterocycles. The predicted octanol–water partition coefficient (Wildman–Crippen LogP) is 3.42. The van der Waals surface area contributed by atoms with Crippen LogP contribution in [0.5, 0.6) is 0 Å². The highest BCUT2D eigenvalue weighted by Crippen LogP contribution is 2.31. The van der Waals surface area contributed by atoms with Gasteiger partial charge in [-0.05, 0) is 50.6 Å². The average Bonchev–Trinajstić information content (AvgIpc) is 2.93. The maximum absolute atomic E-state index is 13.2. The lowest BCUT2D eigenvalue weighted by Gasteiger charge is -2.24. The maximum Gasteiger partial charge on any atom is 0.419 e. The lowest BCUT2D eigenvalue weighted by Crippen LogP contribution is -2.38. The highest BCUT2D eigenvalue weighted by molar-refractivity contribution is 5.27. The molecule has 0 amide bonds. The lowest BCUT2D eigenvalue weighted by atomic mass is 10.1. The summed E-state index contributed by atoms with van der Waals surface area (Å²) in [7, 11) is 0. The van der Waals surface area contributed by atoms with Crippen LogP contribution in [0.15, 0.2) is 18.2 Å². The predicted molar refractivity (Wildman–Crippen MR) is 73.4 cm³/mol. The van der Waals surface area contributed by atoms with Gasteiger partial charge in [-0.25, -0.2) is 4.39 Å². The van der Waals surface area contributed by atoms with Gasteiger partial charge >= 0.3 is 6.18 Å². The second kappa shape index (κ2) is 6.75. The highest BCUT2D eigenvalue weighted by atomic mass is 19.4. The van der Waals surface area contributed by atoms with Gasteiger partial charge in [0, 0.05) is 19.1 Å². The molecule has 1 aliphatic heterocycles. The third-order valence-corrected chi connectivity index (χ3v) is 3.87. The van der Waals surface area contributed by atoms with Crippen LogP contribution >= 0.6 is 0 Å². The van der Waals surface area contributed by atoms with E-state index in [0.29, 0.717) is 24.7 Å². The molecule has 2 rings (SSSR count). The summed E-state index contributed by atoms with van der Waals surface area (Å²) in [6, 6.07) is 3.50. The number of rotatable bonds is 5. The minimum atomic E-state index is -4.65. The normalized spacial score (nSPS) is 18.1. The van der Waals surface area contributed by atoms with Crippen molar-refractivity contribution in [1.29, 1.82) is 0 Å². The maximum atomic E-state index is 13.2. The van der Waals surface area contributed by atoms with E-state index in [4.69, 9.17) is 0 Å². The van der Waals surface area contributed by atoms with E-state index in [9.17, 15) is 17.6 Å². The number of benzene rings is 1. The topological polar surface area (TPSA) is 15.3 Å². The number of likely N-dealkylation sites (tertiary alicyclic amines) is 1. The van der Waals surface area contributed by atoms with E-state index in [1.807, 2.05) is 0 Å². The third-order valence-electron chi connectivity index (χ3n) is 3.87. The van der Waals surface area contributed by atoms with E-state index >= 15 is 0 Å². The SMILES string of the molecule is CC(CNCc1ccc(F)c(C(F)(F)F)c1)N1CCCC1. The Bertz CT molecular complexity index is 467. The lowest BCUT2D eigenvalue weighted by molar-refractivity contribution is -0.140. The van der Waals surface area contributed by atoms with Crippen molar-refractivity contribution in [3.05, 3.63) is 35.1 Å². The number of nitrogens with one attached hydrogen (secondary N) is 1. The molecule has 1 unspecified atom stereocenters. The van der Waals surface area contributed by atoms with Crippen molar-refractivity contribution in [2.45, 2.75) is 38.5 Å². The standard InChI is InChI=1S/C15H20F4N2/c1-11(21-6-2-3-7-21)9-20-10-12-4-5-14(16)13(8-12)15(17,18)19/h4-5,8,11,20H,2-3,6-7,9-10H2,1H3. The molecule has 1 aliphatic rings. The molecule has 6 heteroatoms. The molecule has 1 atom stereocenters. The number of nitrogens with zero attached hydrogens (tertiary/aromatic N) is 1. The van der Waals surface area contributed by atoms with E-state index in [2.05, 4.69) is 17.1 Å². The van der Waals surface area contributed by atoms with Gasteiger partial charge in [-0.3, -0.25) is 4.90 Å². The zero-order chi connectivity index (χ0) is 15.5. The van der Waals surface area contributed by atoms with Crippen LogP contribution in [0.25, 0.3) is 0 Å². The van der Waals surface area contributed by atoms with Crippen LogP contribution in [-0.2, 0) is 12.7 Å². The van der Waals surface area contributed by atoms with Crippen LogP contribution in [0, 0.1) is 5.82 Å². The summed E-state index contributed by atoms with van der Waals surface area (Å²) >= 11 is 0. The van der Waals surface area contributed by atoms with Crippen LogP contribution in [0.4, 0.5) is 17.6 Å². The minimum absolute atomic E-state index is 0.307. The van der Waals surface area contributed by atoms with Gasteiger partial charge < -0.3 is 5.32 Å². The molecule has 1 fully saturated rings. The molecule has 1 N–H and O–H groups in total. The first kappa shape index (κ1) is 16.2. The quantitative estimate of drug-likeness (QED) is 0.839. The molecule has 0 aliphatic carbocycles. The first-order chi connectivity index (χ1) is 9.88. The van der Waals surface area contributed by atoms with Crippen molar-refractivity contribution >= 4 is 0 Å². The molecule has 2 nitrogen and oxygen atoms in total. The van der Waals surface area contributed by atoms with Gasteiger partial charge in [-0.15, -0.1) is 0 Å². The van der Waals surface area contributed by atoms with Gasteiger partial charge in [-0.2, -0.15) is 13.2 Å². The molecule has 118 valence electrons. The number of alkyl halides is 3. The van der Waals surface area contributed by atoms with E-state index in [1.54, 1.807) is 0 Å². The molecule has 1 heterocycles. The largest absolute Gasteiger partial charge is 0.419 e.